The fourth-order valence-electron chi connectivity index (χ4n) is 6.71. The number of fused-ring (bicyclic) bond motifs is 1. The Morgan fingerprint density at radius 3 is 2.47 bits per heavy atom. The first-order chi connectivity index (χ1) is 18.5. The van der Waals surface area contributed by atoms with Crippen LogP contribution in [0.2, 0.25) is 0 Å². The lowest BCUT2D eigenvalue weighted by molar-refractivity contribution is -0.194. The van der Waals surface area contributed by atoms with Gasteiger partial charge in [0.2, 0.25) is 0 Å². The molecule has 0 amide bonds. The van der Waals surface area contributed by atoms with Crippen LogP contribution in [0.3, 0.4) is 0 Å². The zero-order valence-corrected chi connectivity index (χ0v) is 23.8. The third-order valence-corrected chi connectivity index (χ3v) is 8.94. The second-order valence-corrected chi connectivity index (χ2v) is 12.0. The second-order valence-electron chi connectivity index (χ2n) is 12.0. The van der Waals surface area contributed by atoms with Gasteiger partial charge in [-0.25, -0.2) is 0 Å². The van der Waals surface area contributed by atoms with Gasteiger partial charge >= 0.3 is 5.97 Å². The molecule has 0 aromatic rings. The molecule has 38 heavy (non-hydrogen) atoms. The van der Waals surface area contributed by atoms with Gasteiger partial charge in [0.25, 0.3) is 0 Å². The maximum atomic E-state index is 10.9. The van der Waals surface area contributed by atoms with Crippen LogP contribution in [-0.4, -0.2) is 61.3 Å². The van der Waals surface area contributed by atoms with Crippen LogP contribution in [0.15, 0.2) is 12.2 Å². The van der Waals surface area contributed by atoms with Crippen LogP contribution in [0.4, 0.5) is 0 Å². The number of hydrogen-bond acceptors (Lipinski definition) is 6. The van der Waals surface area contributed by atoms with Gasteiger partial charge in [-0.2, -0.15) is 0 Å². The number of rotatable bonds is 15. The Morgan fingerprint density at radius 2 is 1.79 bits per heavy atom. The van der Waals surface area contributed by atoms with E-state index >= 15 is 0 Å². The van der Waals surface area contributed by atoms with E-state index in [4.69, 9.17) is 28.8 Å². The fourth-order valence-corrected chi connectivity index (χ4v) is 6.71. The summed E-state index contributed by atoms with van der Waals surface area (Å²) in [6, 6.07) is 0. The predicted molar refractivity (Wildman–Crippen MR) is 146 cm³/mol. The molecule has 3 aliphatic heterocycles. The van der Waals surface area contributed by atoms with Gasteiger partial charge in [0.1, 0.15) is 0 Å². The third-order valence-electron chi connectivity index (χ3n) is 8.94. The Bertz CT molecular complexity index is 715. The van der Waals surface area contributed by atoms with Crippen molar-refractivity contribution >= 4 is 5.97 Å². The predicted octanol–water partition coefficient (Wildman–Crippen LogP) is 6.63. The van der Waals surface area contributed by atoms with Gasteiger partial charge in [0, 0.05) is 32.0 Å². The molecule has 7 heteroatoms. The highest BCUT2D eigenvalue weighted by Gasteiger charge is 2.49. The molecule has 0 spiro atoms. The summed E-state index contributed by atoms with van der Waals surface area (Å²) in [5.74, 6) is 0.401. The van der Waals surface area contributed by atoms with E-state index in [1.54, 1.807) is 0 Å². The molecule has 9 atom stereocenters. The first kappa shape index (κ1) is 30.0. The van der Waals surface area contributed by atoms with Crippen LogP contribution >= 0.6 is 0 Å². The van der Waals surface area contributed by atoms with E-state index in [1.165, 1.54) is 19.3 Å². The van der Waals surface area contributed by atoms with Crippen LogP contribution in [0.25, 0.3) is 0 Å². The van der Waals surface area contributed by atoms with E-state index in [0.29, 0.717) is 11.8 Å². The quantitative estimate of drug-likeness (QED) is 0.186. The Labute approximate surface area is 229 Å². The summed E-state index contributed by atoms with van der Waals surface area (Å²) in [5.41, 5.74) is 0. The standard InChI is InChI=1S/C31H52O7/c1-3-4-11-22(2)26(37-30-14-7-9-18-34-30)17-16-24-25-20-23(12-5-6-13-29(32)33)36-28(25)21-27(24)38-31-15-8-10-19-35-31/h16-17,22-28,30-31H,3-15,18-21H2,1-2H3,(H,32,33)/t22-,23?,24+,25+,26+,27+,28+,30?,31?/m0/s1. The summed E-state index contributed by atoms with van der Waals surface area (Å²) in [7, 11) is 0. The second kappa shape index (κ2) is 15.7. The van der Waals surface area contributed by atoms with Gasteiger partial charge in [-0.3, -0.25) is 4.79 Å². The summed E-state index contributed by atoms with van der Waals surface area (Å²) >= 11 is 0. The molecule has 7 nitrogen and oxygen atoms in total. The minimum atomic E-state index is -0.715. The van der Waals surface area contributed by atoms with E-state index in [2.05, 4.69) is 26.0 Å². The Kier molecular flexibility index (Phi) is 12.4. The molecule has 0 aromatic heterocycles. The maximum Gasteiger partial charge on any atom is 0.303 e. The van der Waals surface area contributed by atoms with Crippen molar-refractivity contribution in [3.63, 3.8) is 0 Å². The van der Waals surface area contributed by atoms with Gasteiger partial charge in [-0.15, -0.1) is 0 Å². The first-order valence-electron chi connectivity index (χ1n) is 15.6. The number of carboxylic acid groups (broad SMARTS) is 1. The molecule has 1 aliphatic carbocycles. The van der Waals surface area contributed by atoms with E-state index in [1.807, 2.05) is 0 Å². The third kappa shape index (κ3) is 9.02. The van der Waals surface area contributed by atoms with E-state index < -0.39 is 5.97 Å². The lowest BCUT2D eigenvalue weighted by Crippen LogP contribution is -2.32. The summed E-state index contributed by atoms with van der Waals surface area (Å²) < 4.78 is 31.6. The minimum Gasteiger partial charge on any atom is -0.481 e. The smallest absolute Gasteiger partial charge is 0.303 e. The molecule has 0 aromatic carbocycles. The van der Waals surface area contributed by atoms with Crippen LogP contribution < -0.4 is 0 Å². The van der Waals surface area contributed by atoms with E-state index in [-0.39, 0.29) is 49.3 Å². The van der Waals surface area contributed by atoms with Crippen molar-refractivity contribution in [3.8, 4) is 0 Å². The Hall–Kier alpha value is -0.990. The summed E-state index contributed by atoms with van der Waals surface area (Å²) in [6.45, 7) is 6.13. The van der Waals surface area contributed by atoms with Crippen LogP contribution in [0, 0.1) is 17.8 Å². The number of hydrogen-bond donors (Lipinski definition) is 1. The van der Waals surface area contributed by atoms with Gasteiger partial charge in [-0.1, -0.05) is 45.3 Å². The summed E-state index contributed by atoms with van der Waals surface area (Å²) in [4.78, 5) is 10.9. The molecule has 0 radical (unpaired) electrons. The van der Waals surface area contributed by atoms with Crippen molar-refractivity contribution in [2.45, 2.75) is 147 Å². The van der Waals surface area contributed by atoms with Crippen molar-refractivity contribution in [1.82, 2.24) is 0 Å². The van der Waals surface area contributed by atoms with Gasteiger partial charge < -0.3 is 28.8 Å². The van der Waals surface area contributed by atoms with Crippen molar-refractivity contribution in [1.29, 1.82) is 0 Å². The molecule has 3 heterocycles. The number of ether oxygens (including phenoxy) is 5. The fraction of sp³-hybridized carbons (Fsp3) is 0.903. The lowest BCUT2D eigenvalue weighted by Gasteiger charge is -2.31. The molecule has 0 bridgehead atoms. The number of carbonyl (C=O) groups is 1. The largest absolute Gasteiger partial charge is 0.481 e. The normalized spacial score (nSPS) is 35.4. The summed E-state index contributed by atoms with van der Waals surface area (Å²) in [5, 5.41) is 8.95. The first-order valence-corrected chi connectivity index (χ1v) is 15.6. The van der Waals surface area contributed by atoms with E-state index in [0.717, 1.165) is 83.8 Å². The zero-order chi connectivity index (χ0) is 26.7. The van der Waals surface area contributed by atoms with Crippen molar-refractivity contribution in [2.24, 2.45) is 17.8 Å². The molecular formula is C31H52O7. The Morgan fingerprint density at radius 1 is 1.03 bits per heavy atom. The maximum absolute atomic E-state index is 10.9. The van der Waals surface area contributed by atoms with Crippen LogP contribution in [-0.2, 0) is 28.5 Å². The molecule has 218 valence electrons. The average molecular weight is 537 g/mol. The molecule has 4 aliphatic rings. The molecule has 3 saturated heterocycles. The Balaban J connectivity index is 1.42. The van der Waals surface area contributed by atoms with Crippen molar-refractivity contribution in [2.75, 3.05) is 13.2 Å². The van der Waals surface area contributed by atoms with Crippen LogP contribution in [0.5, 0.6) is 0 Å². The summed E-state index contributed by atoms with van der Waals surface area (Å²) in [6.07, 6.45) is 19.8. The van der Waals surface area contributed by atoms with Gasteiger partial charge in [-0.05, 0) is 76.0 Å². The average Bonchev–Trinajstić information content (AvgIpc) is 3.46. The van der Waals surface area contributed by atoms with Crippen LogP contribution in [0.1, 0.15) is 110 Å². The zero-order valence-electron chi connectivity index (χ0n) is 23.8. The molecule has 1 saturated carbocycles. The SMILES string of the molecule is CCCC[C@H](C)[C@@H](C=C[C@@H]1[C@H]2CC(CCCCC(=O)O)O[C@@H]2C[C@H]1OC1CCCCO1)OC1CCCCO1. The monoisotopic (exact) mass is 536 g/mol. The van der Waals surface area contributed by atoms with Gasteiger partial charge in [0.15, 0.2) is 12.6 Å². The van der Waals surface area contributed by atoms with Crippen molar-refractivity contribution in [3.05, 3.63) is 12.2 Å². The highest BCUT2D eigenvalue weighted by molar-refractivity contribution is 5.66. The number of carboxylic acids is 1. The van der Waals surface area contributed by atoms with Crippen molar-refractivity contribution < 1.29 is 33.6 Å². The number of unbranched alkanes of at least 4 members (excludes halogenated alkanes) is 2. The molecule has 4 fully saturated rings. The topological polar surface area (TPSA) is 83.5 Å². The highest BCUT2D eigenvalue weighted by atomic mass is 16.7. The van der Waals surface area contributed by atoms with E-state index in [9.17, 15) is 4.79 Å². The van der Waals surface area contributed by atoms with Gasteiger partial charge in [0.05, 0.1) is 24.4 Å². The number of aliphatic carboxylic acids is 1. The molecular weight excluding hydrogens is 484 g/mol. The molecule has 1 N–H and O–H groups in total. The highest BCUT2D eigenvalue weighted by Crippen LogP contribution is 2.47. The lowest BCUT2D eigenvalue weighted by atomic mass is 9.88. The minimum absolute atomic E-state index is 0.0319. The molecule has 4 rings (SSSR count). The molecule has 3 unspecified atom stereocenters.